The molecule has 6 nitrogen and oxygen atoms in total. The Bertz CT molecular complexity index is 239. The van der Waals surface area contributed by atoms with Crippen LogP contribution in [-0.2, 0) is 28.4 Å². The highest BCUT2D eigenvalue weighted by molar-refractivity contribution is 4.56. The molecule has 0 heterocycles. The quantitative estimate of drug-likeness (QED) is 0.350. The number of ether oxygens (including phenoxy) is 6. The Morgan fingerprint density at radius 3 is 1.29 bits per heavy atom. The van der Waals surface area contributed by atoms with Crippen molar-refractivity contribution in [3.63, 3.8) is 0 Å². The fourth-order valence-electron chi connectivity index (χ4n) is 2.29. The highest BCUT2D eigenvalue weighted by Gasteiger charge is 2.06. The van der Waals surface area contributed by atoms with Crippen LogP contribution in [0.1, 0.15) is 52.9 Å². The highest BCUT2D eigenvalue weighted by Crippen LogP contribution is 2.07. The summed E-state index contributed by atoms with van der Waals surface area (Å²) in [5.74, 6) is 1.32. The van der Waals surface area contributed by atoms with Gasteiger partial charge in [0.15, 0.2) is 0 Å². The molecule has 2 atom stereocenters. The van der Waals surface area contributed by atoms with Crippen LogP contribution in [0.15, 0.2) is 0 Å². The maximum atomic E-state index is 5.11. The summed E-state index contributed by atoms with van der Waals surface area (Å²) in [7, 11) is 10.4. The van der Waals surface area contributed by atoms with Gasteiger partial charge in [0, 0.05) is 75.7 Å². The Morgan fingerprint density at radius 2 is 0.964 bits per heavy atom. The third-order valence-electron chi connectivity index (χ3n) is 4.16. The molecule has 0 aliphatic carbocycles. The highest BCUT2D eigenvalue weighted by atomic mass is 16.5. The molecule has 0 rings (SSSR count). The van der Waals surface area contributed by atoms with Crippen molar-refractivity contribution in [2.24, 2.45) is 11.8 Å². The Kier molecular flexibility index (Phi) is 33.5. The zero-order valence-corrected chi connectivity index (χ0v) is 20.3. The fraction of sp³-hybridized carbons (Fsp3) is 1.00. The van der Waals surface area contributed by atoms with E-state index in [1.165, 1.54) is 0 Å². The number of rotatable bonds is 16. The van der Waals surface area contributed by atoms with Gasteiger partial charge in [0.1, 0.15) is 0 Å². The van der Waals surface area contributed by atoms with E-state index in [1.54, 1.807) is 42.7 Å². The van der Waals surface area contributed by atoms with Gasteiger partial charge >= 0.3 is 0 Å². The van der Waals surface area contributed by atoms with Gasteiger partial charge in [-0.2, -0.15) is 0 Å². The van der Waals surface area contributed by atoms with Crippen molar-refractivity contribution in [1.29, 1.82) is 0 Å². The summed E-state index contributed by atoms with van der Waals surface area (Å²) >= 11 is 0. The SMILES string of the molecule is COCC(C)CC(C)OC.COCCC(C)CCOC.COCCCCOC. The zero-order valence-electron chi connectivity index (χ0n) is 20.3. The molecule has 0 aliphatic rings. The third-order valence-corrected chi connectivity index (χ3v) is 4.16. The summed E-state index contributed by atoms with van der Waals surface area (Å²) < 4.78 is 29.7. The number of methoxy groups -OCH3 is 6. The van der Waals surface area contributed by atoms with Crippen LogP contribution < -0.4 is 0 Å². The summed E-state index contributed by atoms with van der Waals surface area (Å²) in [6, 6.07) is 0. The first-order valence-corrected chi connectivity index (χ1v) is 10.4. The second kappa shape index (κ2) is 29.0. The Balaban J connectivity index is -0.000000337. The summed E-state index contributed by atoms with van der Waals surface area (Å²) in [5, 5.41) is 0. The van der Waals surface area contributed by atoms with Gasteiger partial charge in [-0.1, -0.05) is 13.8 Å². The van der Waals surface area contributed by atoms with Gasteiger partial charge in [0.05, 0.1) is 6.10 Å². The second-order valence-corrected chi connectivity index (χ2v) is 7.20. The van der Waals surface area contributed by atoms with Crippen LogP contribution in [0.25, 0.3) is 0 Å². The lowest BCUT2D eigenvalue weighted by Gasteiger charge is -2.14. The normalized spacial score (nSPS) is 12.6. The van der Waals surface area contributed by atoms with Crippen molar-refractivity contribution < 1.29 is 28.4 Å². The van der Waals surface area contributed by atoms with E-state index in [0.29, 0.717) is 12.0 Å². The molecule has 2 unspecified atom stereocenters. The first-order chi connectivity index (χ1) is 13.4. The second-order valence-electron chi connectivity index (χ2n) is 7.20. The van der Waals surface area contributed by atoms with Crippen LogP contribution in [-0.4, -0.2) is 81.8 Å². The van der Waals surface area contributed by atoms with E-state index >= 15 is 0 Å². The van der Waals surface area contributed by atoms with E-state index in [2.05, 4.69) is 20.8 Å². The van der Waals surface area contributed by atoms with Crippen molar-refractivity contribution in [2.75, 3.05) is 75.7 Å². The van der Waals surface area contributed by atoms with Crippen LogP contribution in [0, 0.1) is 11.8 Å². The van der Waals surface area contributed by atoms with Crippen molar-refractivity contribution >= 4 is 0 Å². The maximum Gasteiger partial charge on any atom is 0.0546 e. The van der Waals surface area contributed by atoms with E-state index in [0.717, 1.165) is 71.1 Å². The molecule has 0 fully saturated rings. The lowest BCUT2D eigenvalue weighted by atomic mass is 10.1. The topological polar surface area (TPSA) is 55.4 Å². The molecule has 0 aromatic heterocycles. The van der Waals surface area contributed by atoms with Crippen LogP contribution in [0.2, 0.25) is 0 Å². The molecule has 0 bridgehead atoms. The fourth-order valence-corrected chi connectivity index (χ4v) is 2.29. The molecule has 0 N–H and O–H groups in total. The monoisotopic (exact) mass is 410 g/mol. The molecule has 0 aromatic rings. The third kappa shape index (κ3) is 33.4. The molecule has 6 heteroatoms. The van der Waals surface area contributed by atoms with Crippen LogP contribution >= 0.6 is 0 Å². The molecule has 0 aliphatic heterocycles. The summed E-state index contributed by atoms with van der Waals surface area (Å²) in [4.78, 5) is 0. The van der Waals surface area contributed by atoms with Crippen LogP contribution in [0.4, 0.5) is 0 Å². The smallest absolute Gasteiger partial charge is 0.0546 e. The number of hydrogen-bond acceptors (Lipinski definition) is 6. The molecule has 0 aromatic carbocycles. The largest absolute Gasteiger partial charge is 0.385 e. The summed E-state index contributed by atoms with van der Waals surface area (Å²) in [5.41, 5.74) is 0. The number of hydrogen-bond donors (Lipinski definition) is 0. The first kappa shape index (κ1) is 32.4. The Hall–Kier alpha value is -0.240. The molecule has 0 radical (unpaired) electrons. The van der Waals surface area contributed by atoms with Gasteiger partial charge in [-0.05, 0) is 50.9 Å². The standard InChI is InChI=1S/2C8H18O2.C6H14O2/c1-7(6-9-3)5-8(2)10-4;1-8(4-6-9-2)5-7-10-3;1-7-5-3-4-6-8-2/h7-8H,5-6H2,1-4H3;8H,4-7H2,1-3H3;3-6H2,1-2H3. The Morgan fingerprint density at radius 1 is 0.536 bits per heavy atom. The van der Waals surface area contributed by atoms with Crippen molar-refractivity contribution in [3.05, 3.63) is 0 Å². The molecule has 0 amide bonds. The first-order valence-electron chi connectivity index (χ1n) is 10.4. The minimum Gasteiger partial charge on any atom is -0.385 e. The molecule has 0 saturated heterocycles. The van der Waals surface area contributed by atoms with Gasteiger partial charge < -0.3 is 28.4 Å². The van der Waals surface area contributed by atoms with Gasteiger partial charge in [0.2, 0.25) is 0 Å². The molecular weight excluding hydrogens is 360 g/mol. The average Bonchev–Trinajstić information content (AvgIpc) is 2.69. The molecule has 28 heavy (non-hydrogen) atoms. The Labute approximate surface area is 175 Å². The van der Waals surface area contributed by atoms with E-state index in [1.807, 2.05) is 0 Å². The van der Waals surface area contributed by atoms with Gasteiger partial charge in [0.25, 0.3) is 0 Å². The molecule has 0 saturated carbocycles. The van der Waals surface area contributed by atoms with Crippen molar-refractivity contribution in [1.82, 2.24) is 0 Å². The van der Waals surface area contributed by atoms with Crippen molar-refractivity contribution in [3.8, 4) is 0 Å². The number of unbranched alkanes of at least 4 members (excludes halogenated alkanes) is 1. The minimum absolute atomic E-state index is 0.352. The predicted molar refractivity (Wildman–Crippen MR) is 117 cm³/mol. The van der Waals surface area contributed by atoms with Gasteiger partial charge in [-0.25, -0.2) is 0 Å². The zero-order chi connectivity index (χ0) is 22.0. The van der Waals surface area contributed by atoms with E-state index in [9.17, 15) is 0 Å². The lowest BCUT2D eigenvalue weighted by Crippen LogP contribution is -2.13. The molecule has 174 valence electrons. The van der Waals surface area contributed by atoms with Gasteiger partial charge in [-0.3, -0.25) is 0 Å². The van der Waals surface area contributed by atoms with Gasteiger partial charge in [-0.15, -0.1) is 0 Å². The summed E-state index contributed by atoms with van der Waals surface area (Å²) in [6.07, 6.45) is 5.91. The maximum absolute atomic E-state index is 5.11. The average molecular weight is 411 g/mol. The van der Waals surface area contributed by atoms with Crippen LogP contribution in [0.3, 0.4) is 0 Å². The van der Waals surface area contributed by atoms with Crippen LogP contribution in [0.5, 0.6) is 0 Å². The van der Waals surface area contributed by atoms with E-state index in [-0.39, 0.29) is 0 Å². The predicted octanol–water partition coefficient (Wildman–Crippen LogP) is 4.45. The van der Waals surface area contributed by atoms with E-state index in [4.69, 9.17) is 28.4 Å². The molecule has 0 spiro atoms. The summed E-state index contributed by atoms with van der Waals surface area (Å²) in [6.45, 7) is 10.7. The minimum atomic E-state index is 0.352. The van der Waals surface area contributed by atoms with Crippen molar-refractivity contribution in [2.45, 2.75) is 59.0 Å². The molecular formula is C22H50O6. The lowest BCUT2D eigenvalue weighted by molar-refractivity contribution is 0.0746. The van der Waals surface area contributed by atoms with E-state index < -0.39 is 0 Å².